The molecule has 2 amide bonds. The number of carbonyl (C=O) groups is 2. The van der Waals surface area contributed by atoms with E-state index in [9.17, 15) is 24.5 Å². The van der Waals surface area contributed by atoms with Crippen molar-refractivity contribution in [2.24, 2.45) is 5.92 Å². The van der Waals surface area contributed by atoms with Gasteiger partial charge in [0.15, 0.2) is 0 Å². The van der Waals surface area contributed by atoms with E-state index in [1.165, 1.54) is 36.0 Å². The molecule has 8 nitrogen and oxygen atoms in total. The summed E-state index contributed by atoms with van der Waals surface area (Å²) in [5.74, 6) is -1.91. The molecule has 0 radical (unpaired) electrons. The van der Waals surface area contributed by atoms with Gasteiger partial charge in [0, 0.05) is 27.4 Å². The first kappa shape index (κ1) is 20.2. The molecule has 1 aromatic heterocycles. The fraction of sp³-hybridized carbons (Fsp3) is 0.150. The molecule has 2 aliphatic rings. The summed E-state index contributed by atoms with van der Waals surface area (Å²) >= 11 is 5.65. The molecule has 1 saturated heterocycles. The molecule has 11 heteroatoms. The van der Waals surface area contributed by atoms with Crippen molar-refractivity contribution in [2.75, 3.05) is 4.90 Å². The number of hydrogen-bond donors (Lipinski definition) is 1. The molecule has 3 aromatic rings. The highest BCUT2D eigenvalue weighted by Gasteiger charge is 2.56. The van der Waals surface area contributed by atoms with Crippen LogP contribution in [0.25, 0.3) is 0 Å². The first-order valence-electron chi connectivity index (χ1n) is 9.12. The molecular weight excluding hydrogens is 506 g/mol. The first-order valence-corrected chi connectivity index (χ1v) is 11.6. The van der Waals surface area contributed by atoms with Crippen LogP contribution in [0.4, 0.5) is 11.4 Å². The van der Waals surface area contributed by atoms with Gasteiger partial charge < -0.3 is 4.98 Å². The Morgan fingerprint density at radius 1 is 1.00 bits per heavy atom. The second-order valence-electron chi connectivity index (χ2n) is 7.09. The summed E-state index contributed by atoms with van der Waals surface area (Å²) in [5.41, 5.74) is 1.01. The largest absolute Gasteiger partial charge is 0.307 e. The van der Waals surface area contributed by atoms with Crippen LogP contribution in [0.15, 0.2) is 62.8 Å². The van der Waals surface area contributed by atoms with Gasteiger partial charge in [-0.1, -0.05) is 51.2 Å². The molecule has 3 heterocycles. The Kier molecular flexibility index (Phi) is 4.83. The lowest BCUT2D eigenvalue weighted by molar-refractivity contribution is -0.384. The van der Waals surface area contributed by atoms with E-state index in [4.69, 9.17) is 0 Å². The Balaban J connectivity index is 1.60. The predicted molar refractivity (Wildman–Crippen MR) is 120 cm³/mol. The second-order valence-corrected chi connectivity index (χ2v) is 10.2. The van der Waals surface area contributed by atoms with Crippen molar-refractivity contribution in [3.63, 3.8) is 0 Å². The van der Waals surface area contributed by atoms with E-state index < -0.39 is 27.9 Å². The lowest BCUT2D eigenvalue weighted by Gasteiger charge is -2.29. The van der Waals surface area contributed by atoms with E-state index >= 15 is 0 Å². The van der Waals surface area contributed by atoms with Crippen molar-refractivity contribution >= 4 is 62.2 Å². The lowest BCUT2D eigenvalue weighted by Crippen LogP contribution is -2.32. The topological polar surface area (TPSA) is 113 Å². The highest BCUT2D eigenvalue weighted by atomic mass is 79.9. The molecule has 3 atom stereocenters. The van der Waals surface area contributed by atoms with Crippen LogP contribution >= 0.6 is 39.0 Å². The van der Waals surface area contributed by atoms with Gasteiger partial charge in [0.05, 0.1) is 21.6 Å². The van der Waals surface area contributed by atoms with Crippen LogP contribution in [0.1, 0.15) is 16.4 Å². The van der Waals surface area contributed by atoms with Crippen LogP contribution in [0.2, 0.25) is 0 Å². The Hall–Kier alpha value is -2.76. The molecule has 0 spiro atoms. The van der Waals surface area contributed by atoms with Crippen molar-refractivity contribution in [2.45, 2.75) is 16.2 Å². The van der Waals surface area contributed by atoms with E-state index in [-0.39, 0.29) is 16.5 Å². The number of anilines is 1. The number of aromatic nitrogens is 1. The lowest BCUT2D eigenvalue weighted by atomic mass is 9.83. The second kappa shape index (κ2) is 7.43. The monoisotopic (exact) mass is 517 g/mol. The van der Waals surface area contributed by atoms with E-state index in [0.29, 0.717) is 10.7 Å². The number of hydrogen-bond acceptors (Lipinski definition) is 7. The number of nitro benzene ring substituents is 1. The van der Waals surface area contributed by atoms with E-state index in [1.807, 2.05) is 24.3 Å². The van der Waals surface area contributed by atoms with Gasteiger partial charge in [-0.3, -0.25) is 24.5 Å². The van der Waals surface area contributed by atoms with Gasteiger partial charge >= 0.3 is 4.87 Å². The summed E-state index contributed by atoms with van der Waals surface area (Å²) in [4.78, 5) is 53.6. The molecule has 1 fully saturated rings. The Bertz CT molecular complexity index is 1290. The number of fused-ring (bicyclic) bond motifs is 2. The zero-order valence-corrected chi connectivity index (χ0v) is 18.7. The van der Waals surface area contributed by atoms with Crippen LogP contribution in [-0.2, 0) is 9.59 Å². The number of halogens is 1. The van der Waals surface area contributed by atoms with Gasteiger partial charge in [0.25, 0.3) is 5.69 Å². The summed E-state index contributed by atoms with van der Waals surface area (Å²) in [6, 6.07) is 12.8. The molecule has 2 aliphatic heterocycles. The van der Waals surface area contributed by atoms with Crippen molar-refractivity contribution < 1.29 is 14.5 Å². The van der Waals surface area contributed by atoms with Gasteiger partial charge in [-0.2, -0.15) is 0 Å². The summed E-state index contributed by atoms with van der Waals surface area (Å²) in [5, 5.41) is 10.8. The number of H-pyrrole nitrogens is 1. The number of imide groups is 1. The smallest absolute Gasteiger partial charge is 0.305 e. The van der Waals surface area contributed by atoms with Crippen LogP contribution < -0.4 is 9.77 Å². The van der Waals surface area contributed by atoms with Crippen molar-refractivity contribution in [1.82, 2.24) is 4.98 Å². The third-order valence-electron chi connectivity index (χ3n) is 5.37. The van der Waals surface area contributed by atoms with Crippen LogP contribution in [0, 0.1) is 16.0 Å². The molecule has 31 heavy (non-hydrogen) atoms. The molecular formula is C20H12BrN3O5S2. The van der Waals surface area contributed by atoms with E-state index in [1.54, 1.807) is 0 Å². The number of nitro groups is 1. The zero-order valence-electron chi connectivity index (χ0n) is 15.5. The fourth-order valence-corrected chi connectivity index (χ4v) is 6.80. The Morgan fingerprint density at radius 2 is 1.68 bits per heavy atom. The summed E-state index contributed by atoms with van der Waals surface area (Å²) in [6.45, 7) is 0. The van der Waals surface area contributed by atoms with Crippen LogP contribution in [0.3, 0.4) is 0 Å². The van der Waals surface area contributed by atoms with Crippen molar-refractivity contribution in [3.05, 3.63) is 83.2 Å². The molecule has 1 N–H and O–H groups in total. The minimum absolute atomic E-state index is 0.123. The number of thioether (sulfide) groups is 1. The summed E-state index contributed by atoms with van der Waals surface area (Å²) in [6.07, 6.45) is 0. The number of aromatic amines is 1. The number of rotatable bonds is 3. The number of amides is 2. The highest BCUT2D eigenvalue weighted by Crippen LogP contribution is 2.53. The van der Waals surface area contributed by atoms with Gasteiger partial charge in [-0.25, -0.2) is 4.90 Å². The number of nitrogens with zero attached hydrogens (tertiary/aromatic N) is 2. The quantitative estimate of drug-likeness (QED) is 0.320. The molecule has 2 unspecified atom stereocenters. The number of carbonyl (C=O) groups excluding carboxylic acids is 2. The molecule has 0 aliphatic carbocycles. The van der Waals surface area contributed by atoms with Crippen LogP contribution in [-0.4, -0.2) is 27.0 Å². The van der Waals surface area contributed by atoms with Crippen molar-refractivity contribution in [3.8, 4) is 0 Å². The average Bonchev–Trinajstić information content (AvgIpc) is 3.23. The van der Waals surface area contributed by atoms with E-state index in [0.717, 1.165) is 31.2 Å². The third kappa shape index (κ3) is 3.24. The minimum Gasteiger partial charge on any atom is -0.307 e. The highest BCUT2D eigenvalue weighted by molar-refractivity contribution is 9.10. The summed E-state index contributed by atoms with van der Waals surface area (Å²) in [7, 11) is 0. The Labute approximate surface area is 191 Å². The van der Waals surface area contributed by atoms with Gasteiger partial charge in [0.1, 0.15) is 5.25 Å². The summed E-state index contributed by atoms with van der Waals surface area (Å²) < 4.78 is 0.877. The normalized spacial score (nSPS) is 22.4. The van der Waals surface area contributed by atoms with Crippen LogP contribution in [0.5, 0.6) is 0 Å². The molecule has 0 saturated carbocycles. The minimum atomic E-state index is -0.700. The molecule has 5 rings (SSSR count). The maximum Gasteiger partial charge on any atom is 0.305 e. The number of benzene rings is 2. The zero-order chi connectivity index (χ0) is 21.9. The van der Waals surface area contributed by atoms with Gasteiger partial charge in [0.2, 0.25) is 11.8 Å². The first-order chi connectivity index (χ1) is 14.8. The molecule has 0 bridgehead atoms. The Morgan fingerprint density at radius 3 is 2.32 bits per heavy atom. The number of nitrogens with one attached hydrogen (secondary N) is 1. The van der Waals surface area contributed by atoms with Gasteiger partial charge in [-0.15, -0.1) is 0 Å². The molecule has 156 valence electrons. The molecule has 2 aromatic carbocycles. The fourth-order valence-electron chi connectivity index (χ4n) is 4.02. The number of non-ortho nitro benzene ring substituents is 1. The number of thiazole rings is 1. The van der Waals surface area contributed by atoms with Gasteiger partial charge in [-0.05, 0) is 29.8 Å². The predicted octanol–water partition coefficient (Wildman–Crippen LogP) is 3.90. The maximum absolute atomic E-state index is 13.5. The standard InChI is InChI=1S/C20H12BrN3O5S2/c21-10-3-1-9(2-4-10)13-14-16(30-17-15(13)31-20(27)22-17)19(26)23(18(14)25)11-5-7-12(8-6-11)24(28)29/h1-8,13-14,16H,(H,22,27)/t13-,14?,16?/m1/s1. The average molecular weight is 518 g/mol. The van der Waals surface area contributed by atoms with E-state index in [2.05, 4.69) is 20.9 Å². The van der Waals surface area contributed by atoms with Crippen molar-refractivity contribution in [1.29, 1.82) is 0 Å². The third-order valence-corrected chi connectivity index (χ3v) is 8.30. The maximum atomic E-state index is 13.5. The SMILES string of the molecule is O=C1C2Sc3[nH]c(=O)sc3[C@H](c3ccc(Br)cc3)C2C(=O)N1c1ccc([N+](=O)[O-])cc1.